The topological polar surface area (TPSA) is 84.8 Å². The molecule has 1 N–H and O–H groups in total. The molecule has 1 saturated heterocycles. The quantitative estimate of drug-likeness (QED) is 0.352. The van der Waals surface area contributed by atoms with Crippen LogP contribution >= 0.6 is 0 Å². The molecule has 4 rings (SSSR count). The van der Waals surface area contributed by atoms with E-state index in [1.54, 1.807) is 6.20 Å². The van der Waals surface area contributed by atoms with Gasteiger partial charge in [0.05, 0.1) is 29.8 Å². The van der Waals surface area contributed by atoms with E-state index in [9.17, 15) is 9.90 Å². The monoisotopic (exact) mass is 537 g/mol. The number of nitrogens with zero attached hydrogens (tertiary/aromatic N) is 3. The lowest BCUT2D eigenvalue weighted by molar-refractivity contribution is -0.160. The highest BCUT2D eigenvalue weighted by Gasteiger charge is 2.36. The van der Waals surface area contributed by atoms with Gasteiger partial charge in [0.1, 0.15) is 5.75 Å². The van der Waals surface area contributed by atoms with Crippen molar-refractivity contribution in [3.63, 3.8) is 0 Å². The number of aryl methyl sites for hydroxylation is 1. The van der Waals surface area contributed by atoms with Crippen LogP contribution in [0.1, 0.15) is 103 Å². The number of ether oxygens (including phenoxy) is 2. The van der Waals surface area contributed by atoms with Crippen molar-refractivity contribution in [2.45, 2.75) is 105 Å². The second kappa shape index (κ2) is 12.2. The maximum absolute atomic E-state index is 12.6. The number of hydrogen-bond acceptors (Lipinski definition) is 6. The van der Waals surface area contributed by atoms with Crippen LogP contribution in [0, 0.1) is 18.3 Å². The number of piperidine rings is 1. The SMILES string of the molecule is Cc1ncc(-c2ccc(OCC3CCCCCC3)cn2)c(N2CCC(C)(C)CC2)c1[C@H](OC(C)(C)C)C(=O)O. The van der Waals surface area contributed by atoms with Crippen LogP contribution in [0.15, 0.2) is 24.5 Å². The Bertz CT molecular complexity index is 1110. The van der Waals surface area contributed by atoms with Gasteiger partial charge < -0.3 is 19.5 Å². The summed E-state index contributed by atoms with van der Waals surface area (Å²) in [7, 11) is 0. The number of carboxylic acid groups (broad SMARTS) is 1. The number of aromatic nitrogens is 2. The van der Waals surface area contributed by atoms with Gasteiger partial charge in [0.15, 0.2) is 6.10 Å². The van der Waals surface area contributed by atoms with Gasteiger partial charge in [-0.2, -0.15) is 0 Å². The highest BCUT2D eigenvalue weighted by atomic mass is 16.5. The van der Waals surface area contributed by atoms with Crippen LogP contribution in [0.25, 0.3) is 11.3 Å². The van der Waals surface area contributed by atoms with Crippen LogP contribution in [0.5, 0.6) is 5.75 Å². The van der Waals surface area contributed by atoms with Crippen LogP contribution < -0.4 is 9.64 Å². The number of carboxylic acids is 1. The van der Waals surface area contributed by atoms with Crippen molar-refractivity contribution in [1.82, 2.24) is 9.97 Å². The molecule has 0 radical (unpaired) electrons. The highest BCUT2D eigenvalue weighted by molar-refractivity contribution is 5.85. The number of aliphatic carboxylic acids is 1. The van der Waals surface area contributed by atoms with Crippen LogP contribution in [0.4, 0.5) is 5.69 Å². The minimum absolute atomic E-state index is 0.252. The van der Waals surface area contributed by atoms with Gasteiger partial charge >= 0.3 is 5.97 Å². The molecule has 3 heterocycles. The fourth-order valence-electron chi connectivity index (χ4n) is 5.74. The number of anilines is 1. The van der Waals surface area contributed by atoms with Gasteiger partial charge in [-0.05, 0) is 76.8 Å². The molecule has 2 aromatic rings. The molecule has 7 nitrogen and oxygen atoms in total. The first-order valence-electron chi connectivity index (χ1n) is 14.7. The maximum Gasteiger partial charge on any atom is 0.337 e. The first kappa shape index (κ1) is 29.3. The third-order valence-corrected chi connectivity index (χ3v) is 8.15. The normalized spacial score (nSPS) is 19.4. The third-order valence-electron chi connectivity index (χ3n) is 8.15. The van der Waals surface area contributed by atoms with E-state index in [4.69, 9.17) is 14.5 Å². The van der Waals surface area contributed by atoms with Crippen molar-refractivity contribution >= 4 is 11.7 Å². The molecule has 0 unspecified atom stereocenters. The summed E-state index contributed by atoms with van der Waals surface area (Å²) in [5.74, 6) is 0.367. The molecular weight excluding hydrogens is 490 g/mol. The zero-order valence-corrected chi connectivity index (χ0v) is 24.8. The van der Waals surface area contributed by atoms with E-state index in [0.29, 0.717) is 17.2 Å². The van der Waals surface area contributed by atoms with E-state index in [0.717, 1.165) is 55.2 Å². The van der Waals surface area contributed by atoms with E-state index in [-0.39, 0.29) is 5.41 Å². The molecule has 0 aromatic carbocycles. The summed E-state index contributed by atoms with van der Waals surface area (Å²) in [5.41, 5.74) is 3.35. The zero-order valence-electron chi connectivity index (χ0n) is 24.8. The first-order valence-corrected chi connectivity index (χ1v) is 14.7. The lowest BCUT2D eigenvalue weighted by Crippen LogP contribution is -2.39. The molecule has 214 valence electrons. The Morgan fingerprint density at radius 2 is 1.74 bits per heavy atom. The van der Waals surface area contributed by atoms with Crippen molar-refractivity contribution in [1.29, 1.82) is 0 Å². The maximum atomic E-state index is 12.6. The van der Waals surface area contributed by atoms with Gasteiger partial charge in [0, 0.05) is 36.1 Å². The zero-order chi connectivity index (χ0) is 28.2. The van der Waals surface area contributed by atoms with Crippen molar-refractivity contribution in [3.05, 3.63) is 35.8 Å². The Labute approximate surface area is 234 Å². The second-order valence-electron chi connectivity index (χ2n) is 13.2. The number of rotatable bonds is 8. The molecule has 0 spiro atoms. The molecule has 1 aliphatic carbocycles. The summed E-state index contributed by atoms with van der Waals surface area (Å²) in [4.78, 5) is 24.3. The predicted octanol–water partition coefficient (Wildman–Crippen LogP) is 7.37. The van der Waals surface area contributed by atoms with Crippen LogP contribution in [-0.4, -0.2) is 46.3 Å². The molecule has 0 bridgehead atoms. The van der Waals surface area contributed by atoms with E-state index in [1.165, 1.54) is 38.5 Å². The van der Waals surface area contributed by atoms with Gasteiger partial charge in [0.2, 0.25) is 0 Å². The lowest BCUT2D eigenvalue weighted by atomic mass is 9.82. The minimum atomic E-state index is -1.13. The van der Waals surface area contributed by atoms with Crippen LogP contribution in [-0.2, 0) is 9.53 Å². The summed E-state index contributed by atoms with van der Waals surface area (Å²) in [5, 5.41) is 10.3. The van der Waals surface area contributed by atoms with E-state index in [1.807, 2.05) is 46.0 Å². The predicted molar refractivity (Wildman–Crippen MR) is 155 cm³/mol. The molecule has 2 aliphatic rings. The molecule has 7 heteroatoms. The van der Waals surface area contributed by atoms with Gasteiger partial charge in [0.25, 0.3) is 0 Å². The summed E-state index contributed by atoms with van der Waals surface area (Å²) in [6.45, 7) is 14.5. The molecule has 1 saturated carbocycles. The molecule has 1 atom stereocenters. The Balaban J connectivity index is 1.69. The summed E-state index contributed by atoms with van der Waals surface area (Å²) in [6.07, 6.45) is 12.2. The smallest absolute Gasteiger partial charge is 0.337 e. The van der Waals surface area contributed by atoms with Crippen LogP contribution in [0.2, 0.25) is 0 Å². The second-order valence-corrected chi connectivity index (χ2v) is 13.2. The largest absolute Gasteiger partial charge is 0.492 e. The Hall–Kier alpha value is -2.67. The van der Waals surface area contributed by atoms with Crippen molar-refractivity contribution in [3.8, 4) is 17.0 Å². The fraction of sp³-hybridized carbons (Fsp3) is 0.656. The Kier molecular flexibility index (Phi) is 9.20. The summed E-state index contributed by atoms with van der Waals surface area (Å²) in [6, 6.07) is 3.94. The van der Waals surface area contributed by atoms with E-state index < -0.39 is 17.7 Å². The minimum Gasteiger partial charge on any atom is -0.492 e. The van der Waals surface area contributed by atoms with Crippen LogP contribution in [0.3, 0.4) is 0 Å². The fourth-order valence-corrected chi connectivity index (χ4v) is 5.74. The Morgan fingerprint density at radius 1 is 1.08 bits per heavy atom. The number of hydrogen-bond donors (Lipinski definition) is 1. The van der Waals surface area contributed by atoms with Crippen molar-refractivity contribution in [2.75, 3.05) is 24.6 Å². The highest BCUT2D eigenvalue weighted by Crippen LogP contribution is 2.43. The van der Waals surface area contributed by atoms with Gasteiger partial charge in [-0.3, -0.25) is 9.97 Å². The van der Waals surface area contributed by atoms with Crippen molar-refractivity contribution < 1.29 is 19.4 Å². The van der Waals surface area contributed by atoms with Gasteiger partial charge in [-0.1, -0.05) is 39.5 Å². The summed E-state index contributed by atoms with van der Waals surface area (Å²) >= 11 is 0. The first-order chi connectivity index (χ1) is 18.4. The molecule has 0 amide bonds. The summed E-state index contributed by atoms with van der Waals surface area (Å²) < 4.78 is 12.3. The third kappa shape index (κ3) is 7.71. The molecule has 2 fully saturated rings. The van der Waals surface area contributed by atoms with Gasteiger partial charge in [-0.15, -0.1) is 0 Å². The Morgan fingerprint density at radius 3 is 2.31 bits per heavy atom. The van der Waals surface area contributed by atoms with Crippen molar-refractivity contribution in [2.24, 2.45) is 11.3 Å². The molecule has 1 aliphatic heterocycles. The number of carbonyl (C=O) groups is 1. The van der Waals surface area contributed by atoms with E-state index in [2.05, 4.69) is 23.7 Å². The molecule has 39 heavy (non-hydrogen) atoms. The standard InChI is InChI=1S/C32H47N3O4/c1-22-27(29(30(36)37)39-31(2,3)4)28(35-17-15-32(5,6)16-18-35)25(20-33-22)26-14-13-24(19-34-26)38-21-23-11-9-7-8-10-12-23/h13-14,19-20,23,29H,7-12,15-18,21H2,1-6H3,(H,36,37)/t29-/m0/s1. The lowest BCUT2D eigenvalue weighted by Gasteiger charge is -2.40. The average Bonchev–Trinajstić information content (AvgIpc) is 3.15. The molecule has 2 aromatic heterocycles. The average molecular weight is 538 g/mol. The van der Waals surface area contributed by atoms with E-state index >= 15 is 0 Å². The van der Waals surface area contributed by atoms with Gasteiger partial charge in [-0.25, -0.2) is 4.79 Å². The number of pyridine rings is 2. The molecular formula is C32H47N3O4.